The van der Waals surface area contributed by atoms with Crippen LogP contribution in [0.3, 0.4) is 0 Å². The second kappa shape index (κ2) is 7.86. The Morgan fingerprint density at radius 2 is 1.59 bits per heavy atom. The van der Waals surface area contributed by atoms with Crippen molar-refractivity contribution in [1.29, 1.82) is 0 Å². The molecular formula is C22H16BrClN2O2S. The highest BCUT2D eigenvalue weighted by molar-refractivity contribution is 9.10. The van der Waals surface area contributed by atoms with E-state index in [0.717, 1.165) is 38.9 Å². The number of amides is 2. The Kier molecular flexibility index (Phi) is 5.42. The SMILES string of the molecule is Cc1cc(/C=C2\SC(=O)N(c3ccc(Cl)cc3)C2=O)c(C)n1-c1ccc(Br)cc1. The molecule has 1 saturated heterocycles. The van der Waals surface area contributed by atoms with Gasteiger partial charge in [0.2, 0.25) is 0 Å². The zero-order chi connectivity index (χ0) is 20.7. The van der Waals surface area contributed by atoms with Crippen LogP contribution in [0.4, 0.5) is 10.5 Å². The Bertz CT molecular complexity index is 1150. The van der Waals surface area contributed by atoms with Gasteiger partial charge in [-0.1, -0.05) is 27.5 Å². The average molecular weight is 488 g/mol. The molecule has 4 nitrogen and oxygen atoms in total. The van der Waals surface area contributed by atoms with Gasteiger partial charge in [-0.25, -0.2) is 4.90 Å². The lowest BCUT2D eigenvalue weighted by molar-refractivity contribution is -0.113. The fourth-order valence-electron chi connectivity index (χ4n) is 3.34. The van der Waals surface area contributed by atoms with Crippen molar-refractivity contribution in [3.05, 3.63) is 85.9 Å². The molecule has 2 heterocycles. The van der Waals surface area contributed by atoms with Crippen LogP contribution in [-0.2, 0) is 4.79 Å². The third-order valence-electron chi connectivity index (χ3n) is 4.72. The molecular weight excluding hydrogens is 472 g/mol. The van der Waals surface area contributed by atoms with Gasteiger partial charge >= 0.3 is 0 Å². The van der Waals surface area contributed by atoms with Crippen LogP contribution in [-0.4, -0.2) is 15.7 Å². The zero-order valence-corrected chi connectivity index (χ0v) is 18.8. The molecule has 1 aliphatic rings. The third kappa shape index (κ3) is 3.80. The summed E-state index contributed by atoms with van der Waals surface area (Å²) in [4.78, 5) is 26.9. The lowest BCUT2D eigenvalue weighted by Gasteiger charge is -2.12. The summed E-state index contributed by atoms with van der Waals surface area (Å²) in [5.74, 6) is -0.323. The van der Waals surface area contributed by atoms with Crippen LogP contribution in [0, 0.1) is 13.8 Å². The third-order valence-corrected chi connectivity index (χ3v) is 6.37. The Morgan fingerprint density at radius 1 is 0.966 bits per heavy atom. The minimum atomic E-state index is -0.323. The standard InChI is InChI=1S/C22H16BrClN2O2S/c1-13-11-15(14(2)25(13)18-7-3-16(23)4-8-18)12-20-21(27)26(22(28)29-20)19-9-5-17(24)6-10-19/h3-12H,1-2H3/b20-12-. The molecule has 0 unspecified atom stereocenters. The van der Waals surface area contributed by atoms with E-state index in [0.29, 0.717) is 15.6 Å². The Balaban J connectivity index is 1.69. The van der Waals surface area contributed by atoms with Gasteiger partial charge in [0.25, 0.3) is 11.1 Å². The fraction of sp³-hybridized carbons (Fsp3) is 0.0909. The van der Waals surface area contributed by atoms with E-state index in [9.17, 15) is 9.59 Å². The van der Waals surface area contributed by atoms with Crippen molar-refractivity contribution in [2.45, 2.75) is 13.8 Å². The summed E-state index contributed by atoms with van der Waals surface area (Å²) in [6, 6.07) is 16.7. The molecule has 0 spiro atoms. The van der Waals surface area contributed by atoms with Gasteiger partial charge in [0.15, 0.2) is 0 Å². The van der Waals surface area contributed by atoms with Crippen LogP contribution in [0.2, 0.25) is 5.02 Å². The molecule has 1 fully saturated rings. The number of nitrogens with zero attached hydrogens (tertiary/aromatic N) is 2. The highest BCUT2D eigenvalue weighted by Crippen LogP contribution is 2.37. The molecule has 2 amide bonds. The fourth-order valence-corrected chi connectivity index (χ4v) is 4.57. The molecule has 0 aliphatic carbocycles. The van der Waals surface area contributed by atoms with Crippen LogP contribution in [0.5, 0.6) is 0 Å². The van der Waals surface area contributed by atoms with Gasteiger partial charge in [0.05, 0.1) is 10.6 Å². The largest absolute Gasteiger partial charge is 0.318 e. The first-order valence-corrected chi connectivity index (χ1v) is 10.8. The second-order valence-corrected chi connectivity index (χ2v) is 8.98. The van der Waals surface area contributed by atoms with E-state index in [4.69, 9.17) is 11.6 Å². The van der Waals surface area contributed by atoms with Crippen LogP contribution in [0.15, 0.2) is 64.0 Å². The Hall–Kier alpha value is -2.28. The first-order chi connectivity index (χ1) is 13.8. The zero-order valence-electron chi connectivity index (χ0n) is 15.6. The molecule has 3 aromatic rings. The molecule has 0 radical (unpaired) electrons. The molecule has 7 heteroatoms. The second-order valence-electron chi connectivity index (χ2n) is 6.63. The predicted octanol–water partition coefficient (Wildman–Crippen LogP) is 6.75. The van der Waals surface area contributed by atoms with Crippen molar-refractivity contribution in [3.8, 4) is 5.69 Å². The van der Waals surface area contributed by atoms with E-state index in [2.05, 4.69) is 20.5 Å². The average Bonchev–Trinajstić information content (AvgIpc) is 3.12. The number of carbonyl (C=O) groups is 2. The van der Waals surface area contributed by atoms with Crippen LogP contribution in [0.1, 0.15) is 17.0 Å². The number of aromatic nitrogens is 1. The van der Waals surface area contributed by atoms with Crippen molar-refractivity contribution in [1.82, 2.24) is 4.57 Å². The van der Waals surface area contributed by atoms with Gasteiger partial charge < -0.3 is 4.57 Å². The number of anilines is 1. The van der Waals surface area contributed by atoms with E-state index in [-0.39, 0.29) is 11.1 Å². The molecule has 1 aliphatic heterocycles. The number of hydrogen-bond donors (Lipinski definition) is 0. The molecule has 0 atom stereocenters. The summed E-state index contributed by atoms with van der Waals surface area (Å²) in [6.07, 6.45) is 1.79. The number of imide groups is 1. The topological polar surface area (TPSA) is 42.3 Å². The summed E-state index contributed by atoms with van der Waals surface area (Å²) in [5.41, 5.74) is 4.51. The van der Waals surface area contributed by atoms with E-state index >= 15 is 0 Å². The van der Waals surface area contributed by atoms with E-state index in [1.807, 2.05) is 44.2 Å². The summed E-state index contributed by atoms with van der Waals surface area (Å²) in [5, 5.41) is 0.238. The summed E-state index contributed by atoms with van der Waals surface area (Å²) < 4.78 is 3.14. The number of halogens is 2. The van der Waals surface area contributed by atoms with E-state index < -0.39 is 0 Å². The number of benzene rings is 2. The number of hydrogen-bond acceptors (Lipinski definition) is 3. The summed E-state index contributed by atoms with van der Waals surface area (Å²) in [6.45, 7) is 4.02. The molecule has 4 rings (SSSR count). The first-order valence-electron chi connectivity index (χ1n) is 8.83. The number of thioether (sulfide) groups is 1. The molecule has 146 valence electrons. The normalized spacial score (nSPS) is 15.6. The molecule has 0 N–H and O–H groups in total. The number of aryl methyl sites for hydroxylation is 1. The highest BCUT2D eigenvalue weighted by atomic mass is 79.9. The number of rotatable bonds is 3. The molecule has 0 saturated carbocycles. The Labute approximate surface area is 186 Å². The maximum Gasteiger partial charge on any atom is 0.298 e. The van der Waals surface area contributed by atoms with Crippen molar-refractivity contribution in [3.63, 3.8) is 0 Å². The monoisotopic (exact) mass is 486 g/mol. The number of carbonyl (C=O) groups excluding carboxylic acids is 2. The highest BCUT2D eigenvalue weighted by Gasteiger charge is 2.36. The van der Waals surface area contributed by atoms with E-state index in [1.165, 1.54) is 4.90 Å². The van der Waals surface area contributed by atoms with Gasteiger partial charge in [0.1, 0.15) is 0 Å². The van der Waals surface area contributed by atoms with Crippen LogP contribution in [0.25, 0.3) is 11.8 Å². The molecule has 29 heavy (non-hydrogen) atoms. The molecule has 0 bridgehead atoms. The van der Waals surface area contributed by atoms with Gasteiger partial charge in [0, 0.05) is 26.6 Å². The molecule has 1 aromatic heterocycles. The van der Waals surface area contributed by atoms with Crippen molar-refractivity contribution >= 4 is 62.2 Å². The van der Waals surface area contributed by atoms with Gasteiger partial charge in [-0.05, 0) is 91.8 Å². The lowest BCUT2D eigenvalue weighted by atomic mass is 10.2. The Morgan fingerprint density at radius 3 is 2.24 bits per heavy atom. The van der Waals surface area contributed by atoms with Gasteiger partial charge in [-0.3, -0.25) is 9.59 Å². The maximum absolute atomic E-state index is 12.9. The minimum Gasteiger partial charge on any atom is -0.318 e. The van der Waals surface area contributed by atoms with Gasteiger partial charge in [-0.15, -0.1) is 0 Å². The quantitative estimate of drug-likeness (QED) is 0.384. The van der Waals surface area contributed by atoms with Crippen molar-refractivity contribution < 1.29 is 9.59 Å². The van der Waals surface area contributed by atoms with Crippen LogP contribution >= 0.6 is 39.3 Å². The van der Waals surface area contributed by atoms with Gasteiger partial charge in [-0.2, -0.15) is 0 Å². The first kappa shape index (κ1) is 20.0. The van der Waals surface area contributed by atoms with Crippen LogP contribution < -0.4 is 4.90 Å². The maximum atomic E-state index is 12.9. The van der Waals surface area contributed by atoms with Crippen molar-refractivity contribution in [2.75, 3.05) is 4.90 Å². The summed E-state index contributed by atoms with van der Waals surface area (Å²) >= 11 is 10.3. The smallest absolute Gasteiger partial charge is 0.298 e. The summed E-state index contributed by atoms with van der Waals surface area (Å²) in [7, 11) is 0. The lowest BCUT2D eigenvalue weighted by Crippen LogP contribution is -2.27. The molecule has 2 aromatic carbocycles. The van der Waals surface area contributed by atoms with E-state index in [1.54, 1.807) is 30.3 Å². The van der Waals surface area contributed by atoms with Crippen molar-refractivity contribution in [2.24, 2.45) is 0 Å². The predicted molar refractivity (Wildman–Crippen MR) is 123 cm³/mol. The minimum absolute atomic E-state index is 0.315.